The van der Waals surface area contributed by atoms with Crippen LogP contribution in [-0.4, -0.2) is 41.9 Å². The first kappa shape index (κ1) is 19.6. The fourth-order valence-corrected chi connectivity index (χ4v) is 3.49. The fourth-order valence-electron chi connectivity index (χ4n) is 2.69. The van der Waals surface area contributed by atoms with E-state index < -0.39 is 0 Å². The van der Waals surface area contributed by atoms with E-state index in [1.807, 2.05) is 43.3 Å². The quantitative estimate of drug-likeness (QED) is 0.658. The van der Waals surface area contributed by atoms with Crippen LogP contribution >= 0.6 is 11.3 Å². The lowest BCUT2D eigenvalue weighted by molar-refractivity contribution is -0.116. The fraction of sp³-hybridized carbons (Fsp3) is 0.190. The van der Waals surface area contributed by atoms with Gasteiger partial charge < -0.3 is 15.0 Å². The second-order valence-corrected chi connectivity index (χ2v) is 6.83. The maximum atomic E-state index is 12.8. The number of amides is 2. The average molecular weight is 395 g/mol. The summed E-state index contributed by atoms with van der Waals surface area (Å²) in [4.78, 5) is 31.1. The van der Waals surface area contributed by atoms with Gasteiger partial charge in [-0.2, -0.15) is 0 Å². The molecule has 0 aliphatic carbocycles. The first-order valence-corrected chi connectivity index (χ1v) is 9.73. The third-order valence-corrected chi connectivity index (χ3v) is 5.02. The molecule has 1 heterocycles. The molecular formula is C21H21N3O3S. The van der Waals surface area contributed by atoms with Crippen molar-refractivity contribution >= 4 is 28.8 Å². The zero-order valence-electron chi connectivity index (χ0n) is 15.7. The highest BCUT2D eigenvalue weighted by molar-refractivity contribution is 7.13. The number of carbonyl (C=O) groups excluding carboxylic acids is 2. The van der Waals surface area contributed by atoms with Crippen LogP contribution in [0.5, 0.6) is 5.75 Å². The third kappa shape index (κ3) is 4.55. The van der Waals surface area contributed by atoms with Crippen molar-refractivity contribution in [1.82, 2.24) is 9.88 Å². The van der Waals surface area contributed by atoms with Crippen LogP contribution in [0.15, 0.2) is 60.0 Å². The van der Waals surface area contributed by atoms with Gasteiger partial charge in [-0.25, -0.2) is 4.98 Å². The first-order chi connectivity index (χ1) is 13.6. The summed E-state index contributed by atoms with van der Waals surface area (Å²) >= 11 is 1.41. The van der Waals surface area contributed by atoms with Gasteiger partial charge in [0.25, 0.3) is 5.91 Å². The van der Waals surface area contributed by atoms with Crippen molar-refractivity contribution < 1.29 is 14.3 Å². The predicted molar refractivity (Wildman–Crippen MR) is 111 cm³/mol. The van der Waals surface area contributed by atoms with Crippen molar-refractivity contribution in [3.05, 3.63) is 65.7 Å². The van der Waals surface area contributed by atoms with E-state index in [1.54, 1.807) is 30.7 Å². The number of para-hydroxylation sites is 2. The van der Waals surface area contributed by atoms with Gasteiger partial charge in [0.15, 0.2) is 0 Å². The Balaban J connectivity index is 1.68. The van der Waals surface area contributed by atoms with Gasteiger partial charge in [0.2, 0.25) is 5.91 Å². The van der Waals surface area contributed by atoms with Gasteiger partial charge >= 0.3 is 0 Å². The maximum absolute atomic E-state index is 12.8. The number of benzene rings is 2. The van der Waals surface area contributed by atoms with E-state index in [2.05, 4.69) is 10.3 Å². The second kappa shape index (κ2) is 9.14. The number of ether oxygens (including phenoxy) is 1. The van der Waals surface area contributed by atoms with E-state index in [0.717, 1.165) is 10.6 Å². The Morgan fingerprint density at radius 2 is 1.82 bits per heavy atom. The Hall–Kier alpha value is -3.19. The second-order valence-electron chi connectivity index (χ2n) is 5.97. The van der Waals surface area contributed by atoms with Gasteiger partial charge in [0.1, 0.15) is 23.0 Å². The summed E-state index contributed by atoms with van der Waals surface area (Å²) in [5.74, 6) is 0.00606. The summed E-state index contributed by atoms with van der Waals surface area (Å²) < 4.78 is 5.24. The lowest BCUT2D eigenvalue weighted by Crippen LogP contribution is -2.38. The van der Waals surface area contributed by atoms with Crippen LogP contribution in [0.3, 0.4) is 0 Å². The molecule has 144 valence electrons. The third-order valence-electron chi connectivity index (χ3n) is 4.13. The van der Waals surface area contributed by atoms with Crippen LogP contribution in [0, 0.1) is 0 Å². The number of nitrogens with one attached hydrogen (secondary N) is 1. The van der Waals surface area contributed by atoms with Crippen LogP contribution in [0.25, 0.3) is 10.6 Å². The molecule has 0 saturated heterocycles. The van der Waals surface area contributed by atoms with Crippen molar-refractivity contribution in [2.75, 3.05) is 25.5 Å². The summed E-state index contributed by atoms with van der Waals surface area (Å²) in [6.45, 7) is 2.17. The Kier molecular flexibility index (Phi) is 6.39. The van der Waals surface area contributed by atoms with Crippen LogP contribution in [-0.2, 0) is 4.79 Å². The molecule has 0 aliphatic heterocycles. The minimum Gasteiger partial charge on any atom is -0.495 e. The number of nitrogens with zero attached hydrogens (tertiary/aromatic N) is 2. The Morgan fingerprint density at radius 3 is 2.54 bits per heavy atom. The van der Waals surface area contributed by atoms with Gasteiger partial charge in [-0.15, -0.1) is 11.3 Å². The van der Waals surface area contributed by atoms with E-state index in [9.17, 15) is 9.59 Å². The molecule has 3 rings (SSSR count). The first-order valence-electron chi connectivity index (χ1n) is 8.85. The molecule has 0 saturated carbocycles. The molecule has 28 heavy (non-hydrogen) atoms. The van der Waals surface area contributed by atoms with E-state index in [4.69, 9.17) is 4.74 Å². The van der Waals surface area contributed by atoms with Gasteiger partial charge in [0.05, 0.1) is 12.8 Å². The van der Waals surface area contributed by atoms with Crippen LogP contribution < -0.4 is 10.1 Å². The molecule has 0 fully saturated rings. The summed E-state index contributed by atoms with van der Waals surface area (Å²) in [6.07, 6.45) is 0. The normalized spacial score (nSPS) is 10.4. The molecule has 0 aliphatic rings. The molecule has 7 heteroatoms. The summed E-state index contributed by atoms with van der Waals surface area (Å²) in [6, 6.07) is 16.8. The molecule has 0 bridgehead atoms. The van der Waals surface area contributed by atoms with E-state index in [0.29, 0.717) is 23.7 Å². The van der Waals surface area contributed by atoms with Gasteiger partial charge in [-0.1, -0.05) is 42.5 Å². The number of hydrogen-bond donors (Lipinski definition) is 1. The monoisotopic (exact) mass is 395 g/mol. The van der Waals surface area contributed by atoms with E-state index >= 15 is 0 Å². The molecular weight excluding hydrogens is 374 g/mol. The SMILES string of the molecule is CCN(CC(=O)Nc1ccccc1OC)C(=O)c1csc(-c2ccccc2)n1. The number of thiazole rings is 1. The van der Waals surface area contributed by atoms with Crippen molar-refractivity contribution in [1.29, 1.82) is 0 Å². The summed E-state index contributed by atoms with van der Waals surface area (Å²) in [7, 11) is 1.54. The molecule has 2 aromatic carbocycles. The molecule has 3 aromatic rings. The highest BCUT2D eigenvalue weighted by atomic mass is 32.1. The number of anilines is 1. The molecule has 0 atom stereocenters. The topological polar surface area (TPSA) is 71.5 Å². The minimum atomic E-state index is -0.293. The smallest absolute Gasteiger partial charge is 0.273 e. The molecule has 6 nitrogen and oxygen atoms in total. The Bertz CT molecular complexity index is 956. The van der Waals surface area contributed by atoms with Crippen LogP contribution in [0.4, 0.5) is 5.69 Å². The molecule has 0 unspecified atom stereocenters. The largest absolute Gasteiger partial charge is 0.495 e. The number of aromatic nitrogens is 1. The Morgan fingerprint density at radius 1 is 1.11 bits per heavy atom. The molecule has 0 radical (unpaired) electrons. The maximum Gasteiger partial charge on any atom is 0.273 e. The minimum absolute atomic E-state index is 0.0639. The number of likely N-dealkylation sites (N-methyl/N-ethyl adjacent to an activating group) is 1. The van der Waals surface area contributed by atoms with Crippen molar-refractivity contribution in [3.63, 3.8) is 0 Å². The number of methoxy groups -OCH3 is 1. The van der Waals surface area contributed by atoms with Crippen LogP contribution in [0.1, 0.15) is 17.4 Å². The summed E-state index contributed by atoms with van der Waals surface area (Å²) in [5, 5.41) is 5.29. The van der Waals surface area contributed by atoms with Crippen LogP contribution in [0.2, 0.25) is 0 Å². The Labute approximate surface area is 167 Å². The number of carbonyl (C=O) groups is 2. The van der Waals surface area contributed by atoms with Gasteiger partial charge in [0, 0.05) is 17.5 Å². The lowest BCUT2D eigenvalue weighted by atomic mass is 10.2. The standard InChI is InChI=1S/C21H21N3O3S/c1-3-24(13-19(25)22-16-11-7-8-12-18(16)27-2)21(26)17-14-28-20(23-17)15-9-5-4-6-10-15/h4-12,14H,3,13H2,1-2H3,(H,22,25). The molecule has 1 N–H and O–H groups in total. The molecule has 0 spiro atoms. The summed E-state index contributed by atoms with van der Waals surface area (Å²) in [5.41, 5.74) is 1.87. The number of hydrogen-bond acceptors (Lipinski definition) is 5. The highest BCUT2D eigenvalue weighted by Crippen LogP contribution is 2.24. The zero-order chi connectivity index (χ0) is 19.9. The van der Waals surface area contributed by atoms with Crippen molar-refractivity contribution in [2.45, 2.75) is 6.92 Å². The highest BCUT2D eigenvalue weighted by Gasteiger charge is 2.21. The lowest BCUT2D eigenvalue weighted by Gasteiger charge is -2.19. The molecule has 2 amide bonds. The van der Waals surface area contributed by atoms with E-state index in [-0.39, 0.29) is 18.4 Å². The van der Waals surface area contributed by atoms with E-state index in [1.165, 1.54) is 16.2 Å². The number of rotatable bonds is 7. The van der Waals surface area contributed by atoms with Crippen molar-refractivity contribution in [3.8, 4) is 16.3 Å². The van der Waals surface area contributed by atoms with Gasteiger partial charge in [-0.3, -0.25) is 9.59 Å². The zero-order valence-corrected chi connectivity index (χ0v) is 16.5. The predicted octanol–water partition coefficient (Wildman–Crippen LogP) is 3.92. The van der Waals surface area contributed by atoms with Crippen molar-refractivity contribution in [2.24, 2.45) is 0 Å². The average Bonchev–Trinajstić information content (AvgIpc) is 3.23. The molecule has 1 aromatic heterocycles. The van der Waals surface area contributed by atoms with Gasteiger partial charge in [-0.05, 0) is 19.1 Å².